The lowest BCUT2D eigenvalue weighted by atomic mass is 10.1. The molecule has 2 heterocycles. The van der Waals surface area contributed by atoms with Crippen LogP contribution >= 0.6 is 0 Å². The molecule has 1 amide bonds. The van der Waals surface area contributed by atoms with Gasteiger partial charge in [-0.15, -0.1) is 10.2 Å². The molecule has 0 atom stereocenters. The summed E-state index contributed by atoms with van der Waals surface area (Å²) in [6, 6.07) is 12.1. The fraction of sp³-hybridized carbons (Fsp3) is 0.364. The Morgan fingerprint density at radius 3 is 2.47 bits per heavy atom. The third kappa shape index (κ3) is 5.24. The molecule has 1 N–H and O–H groups in total. The molecular formula is C22H27N7O4S. The number of ether oxygens (including phenoxy) is 1. The number of nitrogens with zero attached hydrogens (tertiary/aromatic N) is 6. The number of likely N-dealkylation sites (N-methyl/N-ethyl adjacent to an activating group) is 1. The van der Waals surface area contributed by atoms with Crippen molar-refractivity contribution in [3.8, 4) is 17.1 Å². The second kappa shape index (κ2) is 9.87. The number of amides is 1. The molecule has 11 nitrogen and oxygen atoms in total. The van der Waals surface area contributed by atoms with E-state index in [9.17, 15) is 13.2 Å². The van der Waals surface area contributed by atoms with Gasteiger partial charge in [0.25, 0.3) is 0 Å². The number of carbonyl (C=O) groups is 1. The second-order valence-electron chi connectivity index (χ2n) is 8.13. The zero-order valence-corrected chi connectivity index (χ0v) is 20.1. The highest BCUT2D eigenvalue weighted by molar-refractivity contribution is 7.89. The summed E-state index contributed by atoms with van der Waals surface area (Å²) in [7, 11) is -0.290. The van der Waals surface area contributed by atoms with Gasteiger partial charge < -0.3 is 15.0 Å². The Kier molecular flexibility index (Phi) is 6.91. The summed E-state index contributed by atoms with van der Waals surface area (Å²) in [5.74, 6) is 0.309. The van der Waals surface area contributed by atoms with Gasteiger partial charge >= 0.3 is 0 Å². The van der Waals surface area contributed by atoms with Crippen LogP contribution in [0.25, 0.3) is 11.4 Å². The van der Waals surface area contributed by atoms with E-state index in [2.05, 4.69) is 25.6 Å². The van der Waals surface area contributed by atoms with Crippen molar-refractivity contribution < 1.29 is 17.9 Å². The smallest absolute Gasteiger partial charge is 0.248 e. The average Bonchev–Trinajstić information content (AvgIpc) is 3.28. The summed E-state index contributed by atoms with van der Waals surface area (Å²) in [6.45, 7) is 3.93. The second-order valence-corrected chi connectivity index (χ2v) is 10.1. The molecule has 1 aliphatic rings. The molecule has 1 fully saturated rings. The van der Waals surface area contributed by atoms with E-state index in [1.165, 1.54) is 34.4 Å². The van der Waals surface area contributed by atoms with E-state index in [4.69, 9.17) is 4.74 Å². The van der Waals surface area contributed by atoms with Crippen molar-refractivity contribution in [3.05, 3.63) is 48.0 Å². The SMILES string of the molecule is COc1ccc(S(=O)(=O)N2CCN(C)CC2)cc1NC(=O)Cn1nnc(-c2ccc(C)cc2)n1. The van der Waals surface area contributed by atoms with Gasteiger partial charge in [0.2, 0.25) is 21.8 Å². The number of aromatic nitrogens is 4. The van der Waals surface area contributed by atoms with Crippen molar-refractivity contribution in [2.45, 2.75) is 18.4 Å². The number of tetrazole rings is 1. The minimum absolute atomic E-state index is 0.0914. The number of aryl methyl sites for hydroxylation is 1. The first kappa shape index (κ1) is 23.8. The Morgan fingerprint density at radius 2 is 1.79 bits per heavy atom. The van der Waals surface area contributed by atoms with Gasteiger partial charge in [0.05, 0.1) is 17.7 Å². The quantitative estimate of drug-likeness (QED) is 0.530. The molecule has 0 saturated carbocycles. The van der Waals surface area contributed by atoms with E-state index < -0.39 is 15.9 Å². The summed E-state index contributed by atoms with van der Waals surface area (Å²) < 4.78 is 33.0. The van der Waals surface area contributed by atoms with Gasteiger partial charge in [0.1, 0.15) is 12.3 Å². The third-order valence-corrected chi connectivity index (χ3v) is 7.49. The highest BCUT2D eigenvalue weighted by Gasteiger charge is 2.28. The summed E-state index contributed by atoms with van der Waals surface area (Å²) in [4.78, 5) is 16.0. The first-order valence-electron chi connectivity index (χ1n) is 10.8. The zero-order chi connectivity index (χ0) is 24.3. The maximum Gasteiger partial charge on any atom is 0.248 e. The molecule has 3 aromatic rings. The highest BCUT2D eigenvalue weighted by atomic mass is 32.2. The number of sulfonamides is 1. The maximum absolute atomic E-state index is 13.1. The van der Waals surface area contributed by atoms with E-state index in [0.717, 1.165) is 11.1 Å². The van der Waals surface area contributed by atoms with E-state index in [-0.39, 0.29) is 17.1 Å². The normalized spacial score (nSPS) is 15.3. The molecule has 1 saturated heterocycles. The molecule has 180 valence electrons. The number of rotatable bonds is 7. The van der Waals surface area contributed by atoms with Crippen LogP contribution in [0.3, 0.4) is 0 Å². The predicted octanol–water partition coefficient (Wildman–Crippen LogP) is 1.23. The standard InChI is InChI=1S/C22H27N7O4S/c1-16-4-6-17(7-5-16)22-24-26-29(25-22)15-21(30)23-19-14-18(8-9-20(19)33-3)34(31,32)28-12-10-27(2)11-13-28/h4-9,14H,10-13,15H2,1-3H3,(H,23,30). The Hall–Kier alpha value is -3.35. The maximum atomic E-state index is 13.1. The van der Waals surface area contributed by atoms with Gasteiger partial charge in [-0.1, -0.05) is 29.8 Å². The number of benzene rings is 2. The van der Waals surface area contributed by atoms with Gasteiger partial charge in [-0.25, -0.2) is 8.42 Å². The lowest BCUT2D eigenvalue weighted by Gasteiger charge is -2.31. The van der Waals surface area contributed by atoms with Crippen LogP contribution in [0.5, 0.6) is 5.75 Å². The number of anilines is 1. The van der Waals surface area contributed by atoms with Crippen LogP contribution in [-0.2, 0) is 21.4 Å². The van der Waals surface area contributed by atoms with E-state index >= 15 is 0 Å². The van der Waals surface area contributed by atoms with Crippen LogP contribution in [-0.4, -0.2) is 84.1 Å². The molecule has 1 aliphatic heterocycles. The van der Waals surface area contributed by atoms with Crippen molar-refractivity contribution in [3.63, 3.8) is 0 Å². The minimum Gasteiger partial charge on any atom is -0.495 e. The molecule has 1 aromatic heterocycles. The molecule has 0 aliphatic carbocycles. The molecule has 0 bridgehead atoms. The Balaban J connectivity index is 1.48. The van der Waals surface area contributed by atoms with Crippen molar-refractivity contribution in [2.24, 2.45) is 0 Å². The van der Waals surface area contributed by atoms with Gasteiger partial charge in [-0.3, -0.25) is 4.79 Å². The lowest BCUT2D eigenvalue weighted by Crippen LogP contribution is -2.47. The molecule has 34 heavy (non-hydrogen) atoms. The number of hydrogen-bond acceptors (Lipinski definition) is 8. The largest absolute Gasteiger partial charge is 0.495 e. The van der Waals surface area contributed by atoms with Gasteiger partial charge in [-0.2, -0.15) is 9.10 Å². The third-order valence-electron chi connectivity index (χ3n) is 5.59. The lowest BCUT2D eigenvalue weighted by molar-refractivity contribution is -0.117. The molecule has 0 spiro atoms. The van der Waals surface area contributed by atoms with Gasteiger partial charge in [-0.05, 0) is 37.4 Å². The fourth-order valence-corrected chi connectivity index (χ4v) is 5.02. The van der Waals surface area contributed by atoms with Crippen LogP contribution < -0.4 is 10.1 Å². The van der Waals surface area contributed by atoms with Crippen LogP contribution in [0.4, 0.5) is 5.69 Å². The van der Waals surface area contributed by atoms with Crippen molar-refractivity contribution in [1.82, 2.24) is 29.4 Å². The number of piperazine rings is 1. The number of nitrogens with one attached hydrogen (secondary N) is 1. The van der Waals surface area contributed by atoms with Crippen LogP contribution in [0.1, 0.15) is 5.56 Å². The van der Waals surface area contributed by atoms with Crippen LogP contribution in [0, 0.1) is 6.92 Å². The first-order valence-corrected chi connectivity index (χ1v) is 12.2. The molecule has 0 radical (unpaired) electrons. The fourth-order valence-electron chi connectivity index (χ4n) is 3.57. The van der Waals surface area contributed by atoms with Crippen molar-refractivity contribution >= 4 is 21.6 Å². The zero-order valence-electron chi connectivity index (χ0n) is 19.3. The van der Waals surface area contributed by atoms with Crippen LogP contribution in [0.15, 0.2) is 47.4 Å². The summed E-state index contributed by atoms with van der Waals surface area (Å²) in [5.41, 5.74) is 2.16. The van der Waals surface area contributed by atoms with E-state index in [1.54, 1.807) is 0 Å². The van der Waals surface area contributed by atoms with Crippen LogP contribution in [0.2, 0.25) is 0 Å². The van der Waals surface area contributed by atoms with Crippen molar-refractivity contribution in [1.29, 1.82) is 0 Å². The topological polar surface area (TPSA) is 123 Å². The Labute approximate surface area is 198 Å². The molecular weight excluding hydrogens is 458 g/mol. The van der Waals surface area contributed by atoms with Gasteiger partial charge in [0.15, 0.2) is 0 Å². The summed E-state index contributed by atoms with van der Waals surface area (Å²) in [5, 5.41) is 14.9. The van der Waals surface area contributed by atoms with E-state index in [0.29, 0.717) is 37.8 Å². The monoisotopic (exact) mass is 485 g/mol. The number of methoxy groups -OCH3 is 1. The van der Waals surface area contributed by atoms with Crippen molar-refractivity contribution in [2.75, 3.05) is 45.7 Å². The summed E-state index contributed by atoms with van der Waals surface area (Å²) >= 11 is 0. The summed E-state index contributed by atoms with van der Waals surface area (Å²) in [6.07, 6.45) is 0. The molecule has 0 unspecified atom stereocenters. The highest BCUT2D eigenvalue weighted by Crippen LogP contribution is 2.29. The number of carbonyl (C=O) groups excluding carboxylic acids is 1. The minimum atomic E-state index is -3.70. The number of hydrogen-bond donors (Lipinski definition) is 1. The predicted molar refractivity (Wildman–Crippen MR) is 126 cm³/mol. The average molecular weight is 486 g/mol. The van der Waals surface area contributed by atoms with E-state index in [1.807, 2.05) is 38.2 Å². The molecule has 2 aromatic carbocycles. The van der Waals surface area contributed by atoms with Gasteiger partial charge in [0, 0.05) is 31.7 Å². The molecule has 4 rings (SSSR count). The Morgan fingerprint density at radius 1 is 1.09 bits per heavy atom. The first-order chi connectivity index (χ1) is 16.3. The Bertz CT molecular complexity index is 1270. The molecule has 12 heteroatoms.